The quantitative estimate of drug-likeness (QED) is 0.0274. The molecule has 6 rings (SSSR count). The Morgan fingerprint density at radius 3 is 1.71 bits per heavy atom. The molecule has 1 aliphatic carbocycles. The molecular formula is C50H56O12. The van der Waals surface area contributed by atoms with Crippen LogP contribution in [0, 0.1) is 5.41 Å². The van der Waals surface area contributed by atoms with Crippen LogP contribution in [-0.4, -0.2) is 76.1 Å². The van der Waals surface area contributed by atoms with E-state index in [0.29, 0.717) is 59.8 Å². The molecule has 0 amide bonds. The minimum Gasteiger partial charge on any atom is -0.462 e. The second kappa shape index (κ2) is 24.4. The van der Waals surface area contributed by atoms with E-state index in [2.05, 4.69) is 13.5 Å². The summed E-state index contributed by atoms with van der Waals surface area (Å²) in [6, 6.07) is 25.8. The van der Waals surface area contributed by atoms with Gasteiger partial charge in [0.2, 0.25) is 0 Å². The van der Waals surface area contributed by atoms with Gasteiger partial charge in [-0.3, -0.25) is 0 Å². The summed E-state index contributed by atoms with van der Waals surface area (Å²) in [4.78, 5) is 60.1. The second-order valence-electron chi connectivity index (χ2n) is 15.4. The van der Waals surface area contributed by atoms with Crippen LogP contribution in [-0.2, 0) is 33.3 Å². The molecule has 0 saturated carbocycles. The van der Waals surface area contributed by atoms with Crippen molar-refractivity contribution in [2.75, 3.05) is 46.2 Å². The van der Waals surface area contributed by atoms with E-state index >= 15 is 0 Å². The molecule has 328 valence electrons. The van der Waals surface area contributed by atoms with Crippen molar-refractivity contribution in [1.29, 1.82) is 0 Å². The van der Waals surface area contributed by atoms with E-state index in [4.69, 9.17) is 33.2 Å². The predicted molar refractivity (Wildman–Crippen MR) is 233 cm³/mol. The van der Waals surface area contributed by atoms with E-state index < -0.39 is 17.9 Å². The molecule has 0 radical (unpaired) electrons. The van der Waals surface area contributed by atoms with Gasteiger partial charge >= 0.3 is 29.8 Å². The molecule has 12 nitrogen and oxygen atoms in total. The molecule has 62 heavy (non-hydrogen) atoms. The zero-order valence-corrected chi connectivity index (χ0v) is 35.7. The summed E-state index contributed by atoms with van der Waals surface area (Å²) < 4.78 is 37.3. The number of unbranched alkanes of at least 4 members (excludes halogenated alkanes) is 2. The Labute approximate surface area is 363 Å². The Morgan fingerprint density at radius 2 is 1.18 bits per heavy atom. The molecule has 0 N–H and O–H groups in total. The Balaban J connectivity index is 0.000000235. The summed E-state index contributed by atoms with van der Waals surface area (Å²) in [6.07, 6.45) is 9.60. The van der Waals surface area contributed by atoms with Gasteiger partial charge in [-0.25, -0.2) is 24.0 Å². The summed E-state index contributed by atoms with van der Waals surface area (Å²) in [7, 11) is 0. The second-order valence-corrected chi connectivity index (χ2v) is 15.4. The van der Waals surface area contributed by atoms with E-state index in [1.807, 2.05) is 36.4 Å². The van der Waals surface area contributed by atoms with Crippen LogP contribution in [0.15, 0.2) is 115 Å². The Bertz CT molecular complexity index is 2160. The zero-order chi connectivity index (χ0) is 44.2. The summed E-state index contributed by atoms with van der Waals surface area (Å²) in [6.45, 7) is 11.0. The largest absolute Gasteiger partial charge is 0.462 e. The third-order valence-corrected chi connectivity index (χ3v) is 10.4. The van der Waals surface area contributed by atoms with Crippen molar-refractivity contribution < 1.29 is 57.1 Å². The Kier molecular flexibility index (Phi) is 18.4. The van der Waals surface area contributed by atoms with Gasteiger partial charge in [0.1, 0.15) is 11.5 Å². The van der Waals surface area contributed by atoms with Crippen molar-refractivity contribution >= 4 is 40.6 Å². The van der Waals surface area contributed by atoms with Crippen LogP contribution >= 0.6 is 0 Å². The number of carbonyl (C=O) groups is 5. The monoisotopic (exact) mass is 848 g/mol. The number of esters is 5. The van der Waals surface area contributed by atoms with Gasteiger partial charge in [0, 0.05) is 23.2 Å². The number of hydrogen-bond donors (Lipinski definition) is 0. The number of benzene rings is 4. The fraction of sp³-hybridized carbons (Fsp3) is 0.380. The lowest BCUT2D eigenvalue weighted by Gasteiger charge is -2.40. The third kappa shape index (κ3) is 14.8. The molecule has 1 saturated heterocycles. The molecule has 0 bridgehead atoms. The number of carbonyl (C=O) groups excluding carboxylic acids is 5. The van der Waals surface area contributed by atoms with Crippen LogP contribution in [0.4, 0.5) is 0 Å². The average molecular weight is 849 g/mol. The molecule has 0 unspecified atom stereocenters. The summed E-state index contributed by atoms with van der Waals surface area (Å²) in [5, 5.41) is 1.99. The molecule has 4 aromatic rings. The highest BCUT2D eigenvalue weighted by molar-refractivity contribution is 5.97. The van der Waals surface area contributed by atoms with E-state index in [-0.39, 0.29) is 30.6 Å². The van der Waals surface area contributed by atoms with Gasteiger partial charge < -0.3 is 33.2 Å². The van der Waals surface area contributed by atoms with Crippen molar-refractivity contribution in [3.63, 3.8) is 0 Å². The van der Waals surface area contributed by atoms with E-state index in [9.17, 15) is 24.0 Å². The van der Waals surface area contributed by atoms with Crippen LogP contribution in [0.2, 0.25) is 0 Å². The maximum Gasteiger partial charge on any atom is 0.343 e. The highest BCUT2D eigenvalue weighted by atomic mass is 16.6. The third-order valence-electron chi connectivity index (χ3n) is 10.4. The van der Waals surface area contributed by atoms with Crippen LogP contribution in [0.3, 0.4) is 0 Å². The SMILES string of the molecule is C=C(C)C(=O)OCCCCOC(=O)c1ccc(OC(=O)c2ccc3ccccc3c2)cc1.CCC1(COCCCCOC(=O)c2ccc(OC(=O)C3=CCCCC3)cc2)COC1. The van der Waals surface area contributed by atoms with Gasteiger partial charge in [0.25, 0.3) is 0 Å². The smallest absolute Gasteiger partial charge is 0.343 e. The first-order valence-electron chi connectivity index (χ1n) is 21.2. The van der Waals surface area contributed by atoms with Crippen molar-refractivity contribution in [3.05, 3.63) is 131 Å². The van der Waals surface area contributed by atoms with Gasteiger partial charge in [0.15, 0.2) is 0 Å². The molecule has 12 heteroatoms. The highest BCUT2D eigenvalue weighted by Crippen LogP contribution is 2.31. The summed E-state index contributed by atoms with van der Waals surface area (Å²) in [5.41, 5.74) is 2.53. The standard InChI is InChI=1S/C26H24O6.C24H32O6/c1-18(2)24(27)30-15-5-6-16-31-25(28)20-11-13-23(14-12-20)32-26(29)22-10-9-19-7-3-4-8-21(19)17-22;1-2-24(17-28-18-24)16-27-14-6-7-15-29-22(25)20-10-12-21(13-11-20)30-23(26)19-8-4-3-5-9-19/h3-4,7-14,17H,1,5-6,15-16H2,2H3;8,10-13H,2-7,9,14-18H2,1H3. The molecule has 1 fully saturated rings. The van der Waals surface area contributed by atoms with Gasteiger partial charge in [0.05, 0.1) is 56.3 Å². The maximum absolute atomic E-state index is 12.4. The predicted octanol–water partition coefficient (Wildman–Crippen LogP) is 9.59. The first kappa shape index (κ1) is 46.9. The molecule has 1 aliphatic heterocycles. The Morgan fingerprint density at radius 1 is 0.629 bits per heavy atom. The molecule has 1 heterocycles. The number of rotatable bonds is 20. The fourth-order valence-electron chi connectivity index (χ4n) is 6.36. The topological polar surface area (TPSA) is 150 Å². The zero-order valence-electron chi connectivity index (χ0n) is 35.7. The summed E-state index contributed by atoms with van der Waals surface area (Å²) >= 11 is 0. The Hall–Kier alpha value is -6.11. The van der Waals surface area contributed by atoms with Crippen molar-refractivity contribution in [1.82, 2.24) is 0 Å². The van der Waals surface area contributed by atoms with Gasteiger partial charge in [-0.15, -0.1) is 0 Å². The molecular weight excluding hydrogens is 793 g/mol. The molecule has 2 aliphatic rings. The minimum absolute atomic E-state index is 0.209. The average Bonchev–Trinajstić information content (AvgIpc) is 3.28. The van der Waals surface area contributed by atoms with Crippen molar-refractivity contribution in [2.24, 2.45) is 5.41 Å². The molecule has 0 atom stereocenters. The first-order chi connectivity index (χ1) is 30.1. The van der Waals surface area contributed by atoms with Crippen LogP contribution in [0.25, 0.3) is 10.8 Å². The van der Waals surface area contributed by atoms with Crippen molar-refractivity contribution in [2.45, 2.75) is 71.6 Å². The van der Waals surface area contributed by atoms with E-state index in [0.717, 1.165) is 81.1 Å². The van der Waals surface area contributed by atoms with Crippen LogP contribution in [0.1, 0.15) is 103 Å². The molecule has 0 spiro atoms. The fourth-order valence-corrected chi connectivity index (χ4v) is 6.36. The maximum atomic E-state index is 12.4. The minimum atomic E-state index is -0.476. The lowest BCUT2D eigenvalue weighted by atomic mass is 9.84. The van der Waals surface area contributed by atoms with E-state index in [1.54, 1.807) is 67.6 Å². The van der Waals surface area contributed by atoms with Crippen LogP contribution < -0.4 is 9.47 Å². The summed E-state index contributed by atoms with van der Waals surface area (Å²) in [5.74, 6) is -1.29. The van der Waals surface area contributed by atoms with Gasteiger partial charge in [-0.05, 0) is 136 Å². The number of fused-ring (bicyclic) bond motifs is 1. The molecule has 0 aromatic heterocycles. The number of hydrogen-bond acceptors (Lipinski definition) is 12. The normalized spacial score (nSPS) is 13.9. The van der Waals surface area contributed by atoms with Gasteiger partial charge in [-0.1, -0.05) is 49.9 Å². The molecule has 4 aromatic carbocycles. The van der Waals surface area contributed by atoms with Crippen molar-refractivity contribution in [3.8, 4) is 11.5 Å². The van der Waals surface area contributed by atoms with Crippen LogP contribution in [0.5, 0.6) is 11.5 Å². The van der Waals surface area contributed by atoms with E-state index in [1.165, 1.54) is 0 Å². The number of ether oxygens (including phenoxy) is 7. The number of allylic oxidation sites excluding steroid dienone is 1. The lowest BCUT2D eigenvalue weighted by Crippen LogP contribution is -2.45. The highest BCUT2D eigenvalue weighted by Gasteiger charge is 2.36. The van der Waals surface area contributed by atoms with Gasteiger partial charge in [-0.2, -0.15) is 0 Å². The lowest BCUT2D eigenvalue weighted by molar-refractivity contribution is -0.150. The first-order valence-corrected chi connectivity index (χ1v) is 21.2.